The highest BCUT2D eigenvalue weighted by Crippen LogP contribution is 2.28. The predicted molar refractivity (Wildman–Crippen MR) is 125 cm³/mol. The molecule has 1 aromatic carbocycles. The number of hydrogen-bond acceptors (Lipinski definition) is 3. The maximum Gasteiger partial charge on any atom is 0.322 e. The van der Waals surface area contributed by atoms with Crippen LogP contribution in [0, 0.1) is 0 Å². The molecule has 0 saturated carbocycles. The van der Waals surface area contributed by atoms with Gasteiger partial charge in [-0.3, -0.25) is 4.79 Å². The van der Waals surface area contributed by atoms with Gasteiger partial charge in [0.1, 0.15) is 12.4 Å². The molecule has 30 heavy (non-hydrogen) atoms. The Kier molecular flexibility index (Phi) is 7.34. The Balaban J connectivity index is 2.14. The van der Waals surface area contributed by atoms with Crippen molar-refractivity contribution in [3.05, 3.63) is 40.5 Å². The van der Waals surface area contributed by atoms with Gasteiger partial charge in [-0.2, -0.15) is 5.10 Å². The summed E-state index contributed by atoms with van der Waals surface area (Å²) in [5, 5.41) is 10.5. The molecular weight excluding hydrogens is 446 g/mol. The summed E-state index contributed by atoms with van der Waals surface area (Å²) in [7, 11) is 0. The molecule has 2 aromatic rings. The van der Waals surface area contributed by atoms with E-state index >= 15 is 0 Å². The second-order valence-corrected chi connectivity index (χ2v) is 10.1. The lowest BCUT2D eigenvalue weighted by Crippen LogP contribution is -2.41. The number of urea groups is 1. The molecule has 0 saturated heterocycles. The van der Waals surface area contributed by atoms with Crippen molar-refractivity contribution < 1.29 is 9.59 Å². The van der Waals surface area contributed by atoms with Crippen LogP contribution < -0.4 is 10.6 Å². The van der Waals surface area contributed by atoms with Gasteiger partial charge in [0, 0.05) is 22.5 Å². The summed E-state index contributed by atoms with van der Waals surface area (Å²) in [5.41, 5.74) is 1.11. The maximum atomic E-state index is 12.8. The molecule has 164 valence electrons. The second kappa shape index (κ2) is 9.20. The van der Waals surface area contributed by atoms with E-state index in [-0.39, 0.29) is 29.4 Å². The first-order valence-electron chi connectivity index (χ1n) is 10.0. The molecule has 7 nitrogen and oxygen atoms in total. The van der Waals surface area contributed by atoms with Crippen LogP contribution in [-0.2, 0) is 15.7 Å². The van der Waals surface area contributed by atoms with Crippen molar-refractivity contribution in [2.45, 2.75) is 59.4 Å². The first-order chi connectivity index (χ1) is 13.8. The van der Waals surface area contributed by atoms with E-state index in [0.717, 1.165) is 10.2 Å². The normalized spacial score (nSPS) is 11.9. The van der Waals surface area contributed by atoms with E-state index in [1.54, 1.807) is 6.07 Å². The number of rotatable bonds is 5. The number of carbonyl (C=O) groups excluding carboxylic acids is 2. The highest BCUT2D eigenvalue weighted by atomic mass is 79.9. The number of likely N-dealkylation sites (N-methyl/N-ethyl adjacent to an activating group) is 1. The van der Waals surface area contributed by atoms with Gasteiger partial charge in [-0.05, 0) is 55.8 Å². The molecule has 0 bridgehead atoms. The van der Waals surface area contributed by atoms with Gasteiger partial charge in [0.25, 0.3) is 0 Å². The molecule has 0 spiro atoms. The Morgan fingerprint density at radius 1 is 1.10 bits per heavy atom. The largest absolute Gasteiger partial charge is 0.322 e. The molecule has 2 rings (SSSR count). The molecule has 0 aliphatic heterocycles. The molecule has 1 heterocycles. The van der Waals surface area contributed by atoms with Gasteiger partial charge in [-0.1, -0.05) is 32.9 Å². The zero-order chi connectivity index (χ0) is 22.7. The molecule has 3 amide bonds. The number of aromatic nitrogens is 2. The first kappa shape index (κ1) is 23.9. The van der Waals surface area contributed by atoms with Crippen molar-refractivity contribution >= 4 is 39.4 Å². The minimum Gasteiger partial charge on any atom is -0.315 e. The van der Waals surface area contributed by atoms with E-state index in [1.165, 1.54) is 4.90 Å². The summed E-state index contributed by atoms with van der Waals surface area (Å²) in [5.74, 6) is 0.352. The third-order valence-corrected chi connectivity index (χ3v) is 5.19. The number of nitrogens with zero attached hydrogens (tertiary/aromatic N) is 3. The van der Waals surface area contributed by atoms with E-state index in [0.29, 0.717) is 18.1 Å². The highest BCUT2D eigenvalue weighted by molar-refractivity contribution is 9.10. The fourth-order valence-electron chi connectivity index (χ4n) is 2.79. The lowest BCUT2D eigenvalue weighted by atomic mass is 9.92. The van der Waals surface area contributed by atoms with Crippen molar-refractivity contribution in [3.63, 3.8) is 0 Å². The van der Waals surface area contributed by atoms with Gasteiger partial charge in [0.2, 0.25) is 5.91 Å². The van der Waals surface area contributed by atoms with Gasteiger partial charge in [-0.15, -0.1) is 0 Å². The lowest BCUT2D eigenvalue weighted by Gasteiger charge is -2.24. The number of halogens is 1. The molecule has 0 aliphatic carbocycles. The molecule has 0 unspecified atom stereocenters. The van der Waals surface area contributed by atoms with Crippen molar-refractivity contribution in [3.8, 4) is 0 Å². The standard InChI is InChI=1S/C22H32BrN5O2/c1-8-27(20(30)24-16-12-10-9-11-15(16)23)14-19(29)25-18-13-17(21(2,3)4)26-28(18)22(5,6)7/h9-13H,8,14H2,1-7H3,(H,24,30)(H,25,29). The Bertz CT molecular complexity index is 909. The van der Waals surface area contributed by atoms with Gasteiger partial charge in [0.15, 0.2) is 0 Å². The second-order valence-electron chi connectivity index (χ2n) is 9.22. The quantitative estimate of drug-likeness (QED) is 0.621. The van der Waals surface area contributed by atoms with Crippen molar-refractivity contribution in [2.24, 2.45) is 0 Å². The maximum absolute atomic E-state index is 12.8. The predicted octanol–water partition coefficient (Wildman–Crippen LogP) is 5.19. The van der Waals surface area contributed by atoms with Crippen molar-refractivity contribution in [1.29, 1.82) is 0 Å². The van der Waals surface area contributed by atoms with E-state index in [9.17, 15) is 9.59 Å². The Labute approximate surface area is 187 Å². The van der Waals surface area contributed by atoms with Gasteiger partial charge >= 0.3 is 6.03 Å². The molecule has 0 fully saturated rings. The van der Waals surface area contributed by atoms with Gasteiger partial charge in [0.05, 0.1) is 16.9 Å². The first-order valence-corrected chi connectivity index (χ1v) is 10.8. The van der Waals surface area contributed by atoms with E-state index in [4.69, 9.17) is 5.10 Å². The summed E-state index contributed by atoms with van der Waals surface area (Å²) in [4.78, 5) is 26.9. The number of hydrogen-bond donors (Lipinski definition) is 2. The number of nitrogens with one attached hydrogen (secondary N) is 2. The highest BCUT2D eigenvalue weighted by Gasteiger charge is 2.26. The molecular formula is C22H32BrN5O2. The number of amides is 3. The molecule has 0 atom stereocenters. The van der Waals surface area contributed by atoms with E-state index in [2.05, 4.69) is 47.3 Å². The summed E-state index contributed by atoms with van der Waals surface area (Å²) in [6.45, 7) is 14.5. The number of carbonyl (C=O) groups is 2. The fourth-order valence-corrected chi connectivity index (χ4v) is 3.17. The third-order valence-electron chi connectivity index (χ3n) is 4.50. The van der Waals surface area contributed by atoms with Crippen LogP contribution >= 0.6 is 15.9 Å². The van der Waals surface area contributed by atoms with Crippen LogP contribution in [0.1, 0.15) is 54.2 Å². The van der Waals surface area contributed by atoms with E-state index in [1.807, 2.05) is 56.6 Å². The van der Waals surface area contributed by atoms with Gasteiger partial charge < -0.3 is 15.5 Å². The van der Waals surface area contributed by atoms with Crippen LogP contribution in [0.2, 0.25) is 0 Å². The summed E-state index contributed by atoms with van der Waals surface area (Å²) < 4.78 is 2.60. The van der Waals surface area contributed by atoms with Crippen LogP contribution in [0.25, 0.3) is 0 Å². The topological polar surface area (TPSA) is 79.3 Å². The average Bonchev–Trinajstić information content (AvgIpc) is 3.06. The van der Waals surface area contributed by atoms with Crippen LogP contribution in [0.4, 0.5) is 16.3 Å². The van der Waals surface area contributed by atoms with Crippen LogP contribution in [-0.4, -0.2) is 39.7 Å². The SMILES string of the molecule is CCN(CC(=O)Nc1cc(C(C)(C)C)nn1C(C)(C)C)C(=O)Nc1ccccc1Br. The summed E-state index contributed by atoms with van der Waals surface area (Å²) in [6, 6.07) is 8.92. The smallest absolute Gasteiger partial charge is 0.315 e. The minimum absolute atomic E-state index is 0.0625. The summed E-state index contributed by atoms with van der Waals surface area (Å²) >= 11 is 3.41. The monoisotopic (exact) mass is 477 g/mol. The summed E-state index contributed by atoms with van der Waals surface area (Å²) in [6.07, 6.45) is 0. The Morgan fingerprint density at radius 3 is 2.27 bits per heavy atom. The number of para-hydroxylation sites is 1. The zero-order valence-corrected chi connectivity index (χ0v) is 20.4. The van der Waals surface area contributed by atoms with Crippen LogP contribution in [0.15, 0.2) is 34.8 Å². The van der Waals surface area contributed by atoms with E-state index < -0.39 is 0 Å². The molecule has 0 radical (unpaired) electrons. The van der Waals surface area contributed by atoms with Crippen molar-refractivity contribution in [1.82, 2.24) is 14.7 Å². The fraction of sp³-hybridized carbons (Fsp3) is 0.500. The molecule has 8 heteroatoms. The average molecular weight is 478 g/mol. The van der Waals surface area contributed by atoms with Crippen molar-refractivity contribution in [2.75, 3.05) is 23.7 Å². The minimum atomic E-state index is -0.334. The van der Waals surface area contributed by atoms with Crippen LogP contribution in [0.3, 0.4) is 0 Å². The third kappa shape index (κ3) is 6.08. The Morgan fingerprint density at radius 2 is 1.73 bits per heavy atom. The van der Waals surface area contributed by atoms with Crippen LogP contribution in [0.5, 0.6) is 0 Å². The molecule has 2 N–H and O–H groups in total. The van der Waals surface area contributed by atoms with Gasteiger partial charge in [-0.25, -0.2) is 9.48 Å². The lowest BCUT2D eigenvalue weighted by molar-refractivity contribution is -0.116. The molecule has 1 aromatic heterocycles. The number of anilines is 2. The molecule has 0 aliphatic rings. The number of benzene rings is 1. The Hall–Kier alpha value is -2.35. The zero-order valence-electron chi connectivity index (χ0n) is 18.8.